The molecule has 1 N–H and O–H groups in total. The van der Waals surface area contributed by atoms with Crippen LogP contribution < -0.4 is 5.32 Å². The molecule has 4 nitrogen and oxygen atoms in total. The fraction of sp³-hybridized carbons (Fsp3) is 0.440. The van der Waals surface area contributed by atoms with Gasteiger partial charge in [0.05, 0.1) is 6.42 Å². The van der Waals surface area contributed by atoms with Crippen molar-refractivity contribution in [3.05, 3.63) is 70.8 Å². The Bertz CT molecular complexity index is 838. The van der Waals surface area contributed by atoms with Gasteiger partial charge in [0.2, 0.25) is 11.8 Å². The number of nitrogens with zero attached hydrogens (tertiary/aromatic N) is 1. The van der Waals surface area contributed by atoms with Crippen LogP contribution in [-0.2, 0) is 22.6 Å². The maximum atomic E-state index is 13.4. The van der Waals surface area contributed by atoms with E-state index in [2.05, 4.69) is 17.4 Å². The predicted molar refractivity (Wildman–Crippen MR) is 119 cm³/mol. The molecule has 0 radical (unpaired) electrons. The highest BCUT2D eigenvalue weighted by Gasteiger charge is 2.30. The molecule has 4 heteroatoms. The molecule has 29 heavy (non-hydrogen) atoms. The van der Waals surface area contributed by atoms with Crippen molar-refractivity contribution in [1.82, 2.24) is 10.2 Å². The van der Waals surface area contributed by atoms with Gasteiger partial charge in [-0.05, 0) is 57.7 Å². The molecule has 0 heterocycles. The first-order chi connectivity index (χ1) is 13.6. The molecular formula is C25H34N2O2. The molecule has 1 atom stereocenters. The number of aryl methyl sites for hydroxylation is 2. The summed E-state index contributed by atoms with van der Waals surface area (Å²) < 4.78 is 0. The molecule has 2 aromatic carbocycles. The third-order valence-electron chi connectivity index (χ3n) is 4.93. The van der Waals surface area contributed by atoms with Crippen molar-refractivity contribution in [3.8, 4) is 0 Å². The van der Waals surface area contributed by atoms with Gasteiger partial charge in [0.25, 0.3) is 0 Å². The maximum absolute atomic E-state index is 13.4. The lowest BCUT2D eigenvalue weighted by Gasteiger charge is -2.33. The van der Waals surface area contributed by atoms with Crippen LogP contribution in [0.5, 0.6) is 0 Å². The van der Waals surface area contributed by atoms with Gasteiger partial charge >= 0.3 is 0 Å². The van der Waals surface area contributed by atoms with Gasteiger partial charge in [-0.25, -0.2) is 0 Å². The molecule has 0 bridgehead atoms. The van der Waals surface area contributed by atoms with E-state index >= 15 is 0 Å². The first-order valence-corrected chi connectivity index (χ1v) is 10.3. The highest BCUT2D eigenvalue weighted by molar-refractivity contribution is 5.89. The van der Waals surface area contributed by atoms with Crippen molar-refractivity contribution in [2.24, 2.45) is 0 Å². The van der Waals surface area contributed by atoms with Gasteiger partial charge in [-0.1, -0.05) is 61.0 Å². The molecule has 2 amide bonds. The minimum absolute atomic E-state index is 0.0292. The first-order valence-electron chi connectivity index (χ1n) is 10.3. The van der Waals surface area contributed by atoms with E-state index in [4.69, 9.17) is 0 Å². The second-order valence-corrected chi connectivity index (χ2v) is 8.78. The van der Waals surface area contributed by atoms with Crippen LogP contribution in [0.2, 0.25) is 0 Å². The lowest BCUT2D eigenvalue weighted by molar-refractivity contribution is -0.141. The smallest absolute Gasteiger partial charge is 0.243 e. The van der Waals surface area contributed by atoms with E-state index in [1.165, 1.54) is 0 Å². The minimum Gasteiger partial charge on any atom is -0.350 e. The number of nitrogens with one attached hydrogen (secondary N) is 1. The van der Waals surface area contributed by atoms with Crippen LogP contribution in [-0.4, -0.2) is 28.3 Å². The van der Waals surface area contributed by atoms with Crippen LogP contribution in [0.3, 0.4) is 0 Å². The zero-order valence-electron chi connectivity index (χ0n) is 18.6. The maximum Gasteiger partial charge on any atom is 0.243 e. The van der Waals surface area contributed by atoms with Crippen molar-refractivity contribution in [2.45, 2.75) is 72.5 Å². The van der Waals surface area contributed by atoms with Gasteiger partial charge in [-0.2, -0.15) is 0 Å². The molecule has 0 aliphatic heterocycles. The number of carbonyl (C=O) groups is 2. The molecule has 156 valence electrons. The quantitative estimate of drug-likeness (QED) is 0.748. The lowest BCUT2D eigenvalue weighted by Crippen LogP contribution is -2.53. The Morgan fingerprint density at radius 2 is 1.69 bits per heavy atom. The summed E-state index contributed by atoms with van der Waals surface area (Å²) in [5.74, 6) is -0.135. The Balaban J connectivity index is 2.33. The molecule has 0 saturated carbocycles. The summed E-state index contributed by atoms with van der Waals surface area (Å²) in [5.41, 5.74) is 3.91. The average molecular weight is 395 g/mol. The van der Waals surface area contributed by atoms with Crippen LogP contribution in [0.1, 0.15) is 56.4 Å². The van der Waals surface area contributed by atoms with Gasteiger partial charge < -0.3 is 10.2 Å². The number of benzene rings is 2. The van der Waals surface area contributed by atoms with E-state index in [0.717, 1.165) is 22.3 Å². The minimum atomic E-state index is -0.507. The summed E-state index contributed by atoms with van der Waals surface area (Å²) in [6.07, 6.45) is 0.854. The van der Waals surface area contributed by atoms with Crippen LogP contribution in [0, 0.1) is 13.8 Å². The number of rotatable bonds is 7. The standard InChI is InChI=1S/C25H34N2O2/c1-7-22(24(29)26-25(4,5)6)27(17-20-11-9-8-10-12-20)23(28)16-21-15-18(2)13-14-19(21)3/h8-15,22H,7,16-17H2,1-6H3,(H,26,29). The van der Waals surface area contributed by atoms with Gasteiger partial charge in [0.1, 0.15) is 6.04 Å². The fourth-order valence-electron chi connectivity index (χ4n) is 3.41. The topological polar surface area (TPSA) is 49.4 Å². The van der Waals surface area contributed by atoms with Crippen molar-refractivity contribution in [2.75, 3.05) is 0 Å². The zero-order chi connectivity index (χ0) is 21.6. The van der Waals surface area contributed by atoms with Crippen molar-refractivity contribution < 1.29 is 9.59 Å². The normalized spacial score (nSPS) is 12.3. The van der Waals surface area contributed by atoms with Crippen LogP contribution >= 0.6 is 0 Å². The van der Waals surface area contributed by atoms with E-state index in [9.17, 15) is 9.59 Å². The molecular weight excluding hydrogens is 360 g/mol. The molecule has 0 aliphatic carbocycles. The zero-order valence-corrected chi connectivity index (χ0v) is 18.6. The Kier molecular flexibility index (Phi) is 7.60. The lowest BCUT2D eigenvalue weighted by atomic mass is 10.0. The molecule has 0 fully saturated rings. The van der Waals surface area contributed by atoms with Crippen LogP contribution in [0.25, 0.3) is 0 Å². The summed E-state index contributed by atoms with van der Waals surface area (Å²) >= 11 is 0. The molecule has 0 saturated heterocycles. The summed E-state index contributed by atoms with van der Waals surface area (Å²) in [5, 5.41) is 3.04. The Hall–Kier alpha value is -2.62. The summed E-state index contributed by atoms with van der Waals surface area (Å²) in [4.78, 5) is 28.1. The van der Waals surface area contributed by atoms with Crippen LogP contribution in [0.4, 0.5) is 0 Å². The second kappa shape index (κ2) is 9.73. The Labute approximate surface area is 175 Å². The summed E-state index contributed by atoms with van der Waals surface area (Å²) in [6.45, 7) is 12.3. The van der Waals surface area contributed by atoms with Gasteiger partial charge in [-0.3, -0.25) is 9.59 Å². The van der Waals surface area contributed by atoms with E-state index in [1.807, 2.05) is 77.9 Å². The van der Waals surface area contributed by atoms with Gasteiger partial charge in [0, 0.05) is 12.1 Å². The molecule has 1 unspecified atom stereocenters. The summed E-state index contributed by atoms with van der Waals surface area (Å²) in [7, 11) is 0. The number of carbonyl (C=O) groups excluding carboxylic acids is 2. The van der Waals surface area contributed by atoms with E-state index in [0.29, 0.717) is 19.4 Å². The molecule has 2 aromatic rings. The second-order valence-electron chi connectivity index (χ2n) is 8.78. The highest BCUT2D eigenvalue weighted by Crippen LogP contribution is 2.18. The van der Waals surface area contributed by atoms with Gasteiger partial charge in [-0.15, -0.1) is 0 Å². The number of amides is 2. The van der Waals surface area contributed by atoms with Crippen molar-refractivity contribution in [3.63, 3.8) is 0 Å². The van der Waals surface area contributed by atoms with E-state index < -0.39 is 6.04 Å². The molecule has 0 spiro atoms. The van der Waals surface area contributed by atoms with Gasteiger partial charge in [0.15, 0.2) is 0 Å². The number of hydrogen-bond acceptors (Lipinski definition) is 2. The van der Waals surface area contributed by atoms with Crippen molar-refractivity contribution in [1.29, 1.82) is 0 Å². The SMILES string of the molecule is CCC(C(=O)NC(C)(C)C)N(Cc1ccccc1)C(=O)Cc1cc(C)ccc1C. The average Bonchev–Trinajstić information content (AvgIpc) is 2.64. The van der Waals surface area contributed by atoms with E-state index in [1.54, 1.807) is 4.90 Å². The fourth-order valence-corrected chi connectivity index (χ4v) is 3.41. The largest absolute Gasteiger partial charge is 0.350 e. The van der Waals surface area contributed by atoms with Crippen LogP contribution in [0.15, 0.2) is 48.5 Å². The van der Waals surface area contributed by atoms with E-state index in [-0.39, 0.29) is 17.4 Å². The summed E-state index contributed by atoms with van der Waals surface area (Å²) in [6, 6.07) is 15.5. The Morgan fingerprint density at radius 3 is 2.28 bits per heavy atom. The third-order valence-corrected chi connectivity index (χ3v) is 4.93. The first kappa shape index (κ1) is 22.7. The molecule has 0 aliphatic rings. The monoisotopic (exact) mass is 394 g/mol. The molecule has 0 aromatic heterocycles. The Morgan fingerprint density at radius 1 is 1.03 bits per heavy atom. The number of hydrogen-bond donors (Lipinski definition) is 1. The highest BCUT2D eigenvalue weighted by atomic mass is 16.2. The molecule has 2 rings (SSSR count). The third kappa shape index (κ3) is 6.74. The van der Waals surface area contributed by atoms with Crippen molar-refractivity contribution >= 4 is 11.8 Å². The predicted octanol–water partition coefficient (Wildman–Crippen LogP) is 4.57.